The van der Waals surface area contributed by atoms with E-state index in [4.69, 9.17) is 0 Å². The van der Waals surface area contributed by atoms with Crippen LogP contribution in [0.2, 0.25) is 0 Å². The van der Waals surface area contributed by atoms with Gasteiger partial charge in [0.2, 0.25) is 0 Å². The van der Waals surface area contributed by atoms with Crippen LogP contribution in [0.4, 0.5) is 11.4 Å². The molecule has 0 spiro atoms. The van der Waals surface area contributed by atoms with E-state index in [9.17, 15) is 9.59 Å². The van der Waals surface area contributed by atoms with Crippen molar-refractivity contribution in [3.8, 4) is 0 Å². The minimum atomic E-state index is -0.251. The molecule has 0 saturated carbocycles. The van der Waals surface area contributed by atoms with Gasteiger partial charge in [-0.1, -0.05) is 96.0 Å². The van der Waals surface area contributed by atoms with Gasteiger partial charge in [-0.05, 0) is 59.4 Å². The monoisotopic (exact) mass is 660 g/mol. The molecule has 1 atom stereocenters. The van der Waals surface area contributed by atoms with Crippen LogP contribution in [-0.2, 0) is 32.6 Å². The van der Waals surface area contributed by atoms with Crippen LogP contribution in [0.5, 0.6) is 0 Å². The second kappa shape index (κ2) is 15.5. The van der Waals surface area contributed by atoms with Crippen LogP contribution in [-0.4, -0.2) is 20.9 Å². The molecule has 256 valence electrons. The highest BCUT2D eigenvalue weighted by molar-refractivity contribution is 6.01. The van der Waals surface area contributed by atoms with Gasteiger partial charge in [0.1, 0.15) is 24.8 Å². The predicted octanol–water partition coefficient (Wildman–Crippen LogP) is 7.52. The summed E-state index contributed by atoms with van der Waals surface area (Å²) in [5, 5.41) is 6.17. The molecule has 49 heavy (non-hydrogen) atoms. The van der Waals surface area contributed by atoms with E-state index >= 15 is 0 Å². The smallest absolute Gasteiger partial charge is 0.315 e. The third kappa shape index (κ3) is 8.02. The van der Waals surface area contributed by atoms with Crippen LogP contribution < -0.4 is 19.8 Å². The van der Waals surface area contributed by atoms with Gasteiger partial charge in [0.25, 0.3) is 0 Å². The van der Waals surface area contributed by atoms with Gasteiger partial charge in [-0.15, -0.1) is 0 Å². The van der Waals surface area contributed by atoms with Crippen LogP contribution >= 0.6 is 0 Å². The SMILES string of the molecule is CCCCn1cc[n+](C)c1C(=O)Nc1ccc(C(C)c2cccc(C(C)(C)c3ccc(NC(=O)c4n(CCCC)cc[n+]4C)cc3)c2)cc1. The van der Waals surface area contributed by atoms with Gasteiger partial charge >= 0.3 is 23.5 Å². The first kappa shape index (κ1) is 35.3. The molecule has 3 aromatic carbocycles. The second-order valence-corrected chi connectivity index (χ2v) is 13.6. The predicted molar refractivity (Wildman–Crippen MR) is 196 cm³/mol. The molecule has 2 aromatic heterocycles. The van der Waals surface area contributed by atoms with Gasteiger partial charge in [-0.3, -0.25) is 9.59 Å². The lowest BCUT2D eigenvalue weighted by Crippen LogP contribution is -2.37. The molecule has 2 amide bonds. The van der Waals surface area contributed by atoms with Gasteiger partial charge < -0.3 is 10.6 Å². The van der Waals surface area contributed by atoms with Gasteiger partial charge in [0.15, 0.2) is 0 Å². The first-order valence-electron chi connectivity index (χ1n) is 17.6. The molecule has 0 saturated heterocycles. The van der Waals surface area contributed by atoms with Gasteiger partial charge in [0.05, 0.1) is 27.2 Å². The maximum absolute atomic E-state index is 13.2. The number of nitrogens with zero attached hydrogens (tertiary/aromatic N) is 4. The Balaban J connectivity index is 1.26. The number of rotatable bonds is 14. The molecular formula is C41H52N6O2+2. The lowest BCUT2D eigenvalue weighted by molar-refractivity contribution is -0.673. The minimum absolute atomic E-state index is 0.110. The number of aromatic nitrogens is 4. The molecule has 0 radical (unpaired) electrons. The third-order valence-corrected chi connectivity index (χ3v) is 9.71. The van der Waals surface area contributed by atoms with E-state index in [1.165, 1.54) is 22.3 Å². The summed E-state index contributed by atoms with van der Waals surface area (Å²) < 4.78 is 7.78. The summed E-state index contributed by atoms with van der Waals surface area (Å²) in [6.45, 7) is 12.6. The van der Waals surface area contributed by atoms with Crippen molar-refractivity contribution < 1.29 is 18.7 Å². The number of amides is 2. The molecule has 0 aliphatic rings. The summed E-state index contributed by atoms with van der Waals surface area (Å²) in [4.78, 5) is 26.4. The third-order valence-electron chi connectivity index (χ3n) is 9.71. The van der Waals surface area contributed by atoms with Crippen molar-refractivity contribution >= 4 is 23.2 Å². The largest absolute Gasteiger partial charge is 0.348 e. The number of unbranched alkanes of at least 4 members (excludes halogenated alkanes) is 2. The number of aryl methyl sites for hydroxylation is 4. The van der Waals surface area contributed by atoms with Crippen LogP contribution in [0.15, 0.2) is 97.6 Å². The average molecular weight is 661 g/mol. The fourth-order valence-corrected chi connectivity index (χ4v) is 6.40. The number of nitrogens with one attached hydrogen (secondary N) is 2. The van der Waals surface area contributed by atoms with E-state index in [0.717, 1.165) is 50.1 Å². The zero-order chi connectivity index (χ0) is 35.1. The summed E-state index contributed by atoms with van der Waals surface area (Å²) in [6.07, 6.45) is 12.0. The highest BCUT2D eigenvalue weighted by atomic mass is 16.2. The number of imidazole rings is 2. The minimum Gasteiger partial charge on any atom is -0.315 e. The Kier molecular flexibility index (Phi) is 11.2. The first-order valence-corrected chi connectivity index (χ1v) is 17.6. The van der Waals surface area contributed by atoms with Crippen LogP contribution in [0.3, 0.4) is 0 Å². The Bertz CT molecular complexity index is 1880. The Morgan fingerprint density at radius 2 is 1.18 bits per heavy atom. The summed E-state index contributed by atoms with van der Waals surface area (Å²) in [7, 11) is 3.81. The second-order valence-electron chi connectivity index (χ2n) is 13.6. The molecule has 1 unspecified atom stereocenters. The molecule has 8 heteroatoms. The zero-order valence-electron chi connectivity index (χ0n) is 30.2. The fourth-order valence-electron chi connectivity index (χ4n) is 6.40. The number of anilines is 2. The molecule has 8 nitrogen and oxygen atoms in total. The Morgan fingerprint density at radius 3 is 1.67 bits per heavy atom. The Hall–Kier alpha value is -4.98. The molecule has 0 bridgehead atoms. The topological polar surface area (TPSA) is 75.8 Å². The molecule has 0 fully saturated rings. The zero-order valence-corrected chi connectivity index (χ0v) is 30.2. The molecule has 5 rings (SSSR count). The van der Waals surface area contributed by atoms with E-state index < -0.39 is 0 Å². The average Bonchev–Trinajstić information content (AvgIpc) is 3.67. The standard InChI is InChI=1S/C41H50N6O2/c1-8-10-23-46-27-25-44(6)39(46)37(48)42-35-19-15-31(16-20-35)30(3)32-13-12-14-34(29-32)41(4,5)33-17-21-36(22-18-33)43-38(49)40-45(7)26-28-47(40)24-11-9-2/h12-22,25-30H,8-11,23-24H2,1-7H3/p+2. The number of benzene rings is 3. The number of hydrogen-bond donors (Lipinski definition) is 2. The van der Waals surface area contributed by atoms with Crippen molar-refractivity contribution in [1.29, 1.82) is 0 Å². The summed E-state index contributed by atoms with van der Waals surface area (Å²) in [5.41, 5.74) is 6.09. The first-order chi connectivity index (χ1) is 23.5. The highest BCUT2D eigenvalue weighted by Gasteiger charge is 2.27. The molecule has 0 aliphatic carbocycles. The molecular weight excluding hydrogens is 608 g/mol. The van der Waals surface area contributed by atoms with E-state index in [0.29, 0.717) is 11.6 Å². The van der Waals surface area contributed by atoms with Crippen LogP contribution in [0, 0.1) is 0 Å². The van der Waals surface area contributed by atoms with E-state index in [1.54, 1.807) is 0 Å². The molecule has 5 aromatic rings. The number of hydrogen-bond acceptors (Lipinski definition) is 2. The van der Waals surface area contributed by atoms with Crippen molar-refractivity contribution in [2.45, 2.75) is 84.7 Å². The van der Waals surface area contributed by atoms with Crippen molar-refractivity contribution in [1.82, 2.24) is 9.13 Å². The quantitative estimate of drug-likeness (QED) is 0.121. The number of carbonyl (C=O) groups is 2. The summed E-state index contributed by atoms with van der Waals surface area (Å²) >= 11 is 0. The lowest BCUT2D eigenvalue weighted by Gasteiger charge is -2.27. The maximum atomic E-state index is 13.2. The number of carbonyl (C=O) groups excluding carboxylic acids is 2. The normalized spacial score (nSPS) is 12.1. The maximum Gasteiger partial charge on any atom is 0.348 e. The van der Waals surface area contributed by atoms with Gasteiger partial charge in [0, 0.05) is 22.7 Å². The Labute approximate surface area is 291 Å². The van der Waals surface area contributed by atoms with Crippen LogP contribution in [0.1, 0.15) is 110 Å². The van der Waals surface area contributed by atoms with Gasteiger partial charge in [-0.2, -0.15) is 0 Å². The molecule has 0 aliphatic heterocycles. The molecule has 2 heterocycles. The van der Waals surface area contributed by atoms with E-state index in [1.807, 2.05) is 81.4 Å². The van der Waals surface area contributed by atoms with Crippen molar-refractivity contribution in [2.75, 3.05) is 10.6 Å². The lowest BCUT2D eigenvalue weighted by atomic mass is 9.76. The summed E-state index contributed by atoms with van der Waals surface area (Å²) in [5.74, 6) is 1.23. The van der Waals surface area contributed by atoms with Crippen molar-refractivity contribution in [2.24, 2.45) is 14.1 Å². The van der Waals surface area contributed by atoms with Crippen molar-refractivity contribution in [3.63, 3.8) is 0 Å². The Morgan fingerprint density at radius 1 is 0.694 bits per heavy atom. The molecule has 2 N–H and O–H groups in total. The van der Waals surface area contributed by atoms with Crippen LogP contribution in [0.25, 0.3) is 0 Å². The van der Waals surface area contributed by atoms with E-state index in [-0.39, 0.29) is 23.1 Å². The van der Waals surface area contributed by atoms with Gasteiger partial charge in [-0.25, -0.2) is 18.3 Å². The van der Waals surface area contributed by atoms with Crippen molar-refractivity contribution in [3.05, 3.63) is 131 Å². The van der Waals surface area contributed by atoms with E-state index in [2.05, 4.69) is 93.8 Å². The summed E-state index contributed by atoms with van der Waals surface area (Å²) in [6, 6.07) is 25.2. The highest BCUT2D eigenvalue weighted by Crippen LogP contribution is 2.35. The fraction of sp³-hybridized carbons (Fsp3) is 0.366.